The first-order valence-electron chi connectivity index (χ1n) is 22.1. The first-order chi connectivity index (χ1) is 28.6. The maximum atomic E-state index is 11.7. The Kier molecular flexibility index (Phi) is 29.7. The highest BCUT2D eigenvalue weighted by molar-refractivity contribution is 5.82. The van der Waals surface area contributed by atoms with Crippen molar-refractivity contribution in [3.05, 3.63) is 0 Å². The lowest BCUT2D eigenvalue weighted by atomic mass is 10.00. The lowest BCUT2D eigenvalue weighted by molar-refractivity contribution is -0.131. The number of hydrazine groups is 4. The number of nitrogens with two attached hydrogens (primary N) is 4. The first kappa shape index (κ1) is 55.4. The van der Waals surface area contributed by atoms with Crippen LogP contribution in [-0.2, 0) is 38.1 Å². The standard InChI is InChI=1S/4C10H21N3O2/c4*1-3-8(2)9(11)10(14)12-13-4-6-15-7-5-13/h4*8-9H,3-7,11H2,1-2H3,(H,12,14)/t2*8-,9+;2*8-,9-/m1010/s1. The summed E-state index contributed by atoms with van der Waals surface area (Å²) in [7, 11) is 0. The third kappa shape index (κ3) is 22.5. The molecule has 20 nitrogen and oxygen atoms in total. The molecule has 4 aliphatic rings. The zero-order valence-electron chi connectivity index (χ0n) is 38.1. The number of ether oxygens (including phenoxy) is 4. The largest absolute Gasteiger partial charge is 0.379 e. The fourth-order valence-electron chi connectivity index (χ4n) is 5.67. The quantitative estimate of drug-likeness (QED) is 0.0915. The summed E-state index contributed by atoms with van der Waals surface area (Å²) in [5, 5.41) is 7.48. The van der Waals surface area contributed by atoms with Gasteiger partial charge in [0, 0.05) is 52.4 Å². The van der Waals surface area contributed by atoms with Gasteiger partial charge in [-0.25, -0.2) is 20.0 Å². The zero-order chi connectivity index (χ0) is 45.0. The topological polar surface area (TPSA) is 270 Å². The summed E-state index contributed by atoms with van der Waals surface area (Å²) >= 11 is 0. The van der Waals surface area contributed by atoms with Crippen LogP contribution < -0.4 is 44.6 Å². The van der Waals surface area contributed by atoms with Crippen LogP contribution in [0.4, 0.5) is 0 Å². The number of nitrogens with zero attached hydrogens (tertiary/aromatic N) is 4. The molecule has 0 aromatic carbocycles. The summed E-state index contributed by atoms with van der Waals surface area (Å²) in [4.78, 5) is 46.8. The van der Waals surface area contributed by atoms with Crippen molar-refractivity contribution in [3.63, 3.8) is 0 Å². The summed E-state index contributed by atoms with van der Waals surface area (Å²) in [5.41, 5.74) is 34.6. The molecular formula is C40H84N12O8. The molecule has 352 valence electrons. The zero-order valence-corrected chi connectivity index (χ0v) is 38.1. The molecule has 4 fully saturated rings. The number of carbonyl (C=O) groups excluding carboxylic acids is 4. The lowest BCUT2D eigenvalue weighted by Gasteiger charge is -2.29. The Balaban J connectivity index is 0.000000400. The van der Waals surface area contributed by atoms with Crippen molar-refractivity contribution in [3.8, 4) is 0 Å². The van der Waals surface area contributed by atoms with Crippen molar-refractivity contribution < 1.29 is 38.1 Å². The van der Waals surface area contributed by atoms with E-state index in [9.17, 15) is 19.2 Å². The molecule has 4 saturated heterocycles. The SMILES string of the molecule is CC[C@@H](C)[C@@H](N)C(=O)NN1CCOCC1.CC[C@@H](C)[C@H](N)C(=O)NN1CCOCC1.CC[C@H](C)[C@@H](N)C(=O)NN1CCOCC1.CC[C@H](C)[C@H](N)C(=O)NN1CCOCC1. The number of carbonyl (C=O) groups is 4. The molecular weight excluding hydrogens is 777 g/mol. The van der Waals surface area contributed by atoms with E-state index >= 15 is 0 Å². The van der Waals surface area contributed by atoms with Crippen molar-refractivity contribution in [2.45, 2.75) is 105 Å². The number of morpholine rings is 4. The molecule has 0 aliphatic carbocycles. The second kappa shape index (κ2) is 32.1. The van der Waals surface area contributed by atoms with Gasteiger partial charge >= 0.3 is 0 Å². The van der Waals surface area contributed by atoms with Gasteiger partial charge in [-0.15, -0.1) is 0 Å². The van der Waals surface area contributed by atoms with E-state index in [0.717, 1.165) is 78.0 Å². The van der Waals surface area contributed by atoms with Crippen LogP contribution in [-0.4, -0.2) is 173 Å². The van der Waals surface area contributed by atoms with Crippen molar-refractivity contribution in [1.29, 1.82) is 0 Å². The Morgan fingerprint density at radius 2 is 0.533 bits per heavy atom. The van der Waals surface area contributed by atoms with Gasteiger partial charge in [0.2, 0.25) is 0 Å². The van der Waals surface area contributed by atoms with E-state index in [-0.39, 0.29) is 47.3 Å². The lowest BCUT2D eigenvalue weighted by Crippen LogP contribution is -2.54. The van der Waals surface area contributed by atoms with Gasteiger partial charge in [0.05, 0.1) is 77.0 Å². The van der Waals surface area contributed by atoms with Gasteiger partial charge < -0.3 is 41.9 Å². The van der Waals surface area contributed by atoms with E-state index in [1.54, 1.807) is 0 Å². The molecule has 60 heavy (non-hydrogen) atoms. The predicted octanol–water partition coefficient (Wildman–Crippen LogP) is -1.11. The Hall–Kier alpha value is -2.60. The first-order valence-corrected chi connectivity index (χ1v) is 22.1. The molecule has 0 bridgehead atoms. The third-order valence-electron chi connectivity index (χ3n) is 11.4. The van der Waals surface area contributed by atoms with Gasteiger partial charge in [0.15, 0.2) is 0 Å². The van der Waals surface area contributed by atoms with E-state index in [1.165, 1.54) is 0 Å². The van der Waals surface area contributed by atoms with Crippen LogP contribution in [0, 0.1) is 23.7 Å². The number of rotatable bonds is 16. The van der Waals surface area contributed by atoms with Crippen LogP contribution in [0.15, 0.2) is 0 Å². The second-order valence-electron chi connectivity index (χ2n) is 15.9. The van der Waals surface area contributed by atoms with Gasteiger partial charge in [0.25, 0.3) is 23.6 Å². The minimum Gasteiger partial charge on any atom is -0.379 e. The highest BCUT2D eigenvalue weighted by atomic mass is 16.5. The minimum absolute atomic E-state index is 0.0914. The molecule has 4 rings (SSSR count). The summed E-state index contributed by atoms with van der Waals surface area (Å²) in [5.74, 6) is 0.490. The van der Waals surface area contributed by atoms with Gasteiger partial charge in [-0.05, 0) is 23.7 Å². The van der Waals surface area contributed by atoms with Crippen LogP contribution in [0.1, 0.15) is 81.1 Å². The van der Waals surface area contributed by atoms with E-state index in [1.807, 2.05) is 75.4 Å². The molecule has 20 heteroatoms. The fraction of sp³-hybridized carbons (Fsp3) is 0.900. The van der Waals surface area contributed by atoms with E-state index in [4.69, 9.17) is 41.9 Å². The summed E-state index contributed by atoms with van der Waals surface area (Å²) in [6, 6.07) is -1.67. The number of nitrogens with one attached hydrogen (secondary N) is 4. The minimum atomic E-state index is -0.419. The van der Waals surface area contributed by atoms with Crippen LogP contribution >= 0.6 is 0 Å². The Morgan fingerprint density at radius 3 is 0.667 bits per heavy atom. The van der Waals surface area contributed by atoms with Gasteiger partial charge in [-0.1, -0.05) is 81.1 Å². The maximum absolute atomic E-state index is 11.7. The summed E-state index contributed by atoms with van der Waals surface area (Å²) in [6.07, 6.45) is 3.66. The molecule has 0 aromatic heterocycles. The van der Waals surface area contributed by atoms with Gasteiger partial charge in [0.1, 0.15) is 0 Å². The summed E-state index contributed by atoms with van der Waals surface area (Å²) in [6.45, 7) is 27.3. The van der Waals surface area contributed by atoms with Crippen molar-refractivity contribution in [1.82, 2.24) is 41.7 Å². The molecule has 0 spiro atoms. The molecule has 0 radical (unpaired) electrons. The molecule has 8 atom stereocenters. The monoisotopic (exact) mass is 861 g/mol. The normalized spacial score (nSPS) is 22.1. The van der Waals surface area contributed by atoms with Crippen LogP contribution in [0.2, 0.25) is 0 Å². The van der Waals surface area contributed by atoms with Crippen LogP contribution in [0.5, 0.6) is 0 Å². The summed E-state index contributed by atoms with van der Waals surface area (Å²) < 4.78 is 20.7. The Labute approximate surface area is 360 Å². The van der Waals surface area contributed by atoms with Crippen molar-refractivity contribution in [2.75, 3.05) is 105 Å². The highest BCUT2D eigenvalue weighted by Crippen LogP contribution is 2.08. The number of hydrogen-bond donors (Lipinski definition) is 8. The van der Waals surface area contributed by atoms with E-state index in [0.29, 0.717) is 52.9 Å². The smallest absolute Gasteiger partial charge is 0.251 e. The van der Waals surface area contributed by atoms with Crippen molar-refractivity contribution in [2.24, 2.45) is 46.6 Å². The molecule has 4 aliphatic heterocycles. The van der Waals surface area contributed by atoms with Crippen LogP contribution in [0.3, 0.4) is 0 Å². The number of hydrogen-bond acceptors (Lipinski definition) is 16. The average molecular weight is 861 g/mol. The molecule has 12 N–H and O–H groups in total. The number of amides is 4. The molecule has 0 unspecified atom stereocenters. The predicted molar refractivity (Wildman–Crippen MR) is 232 cm³/mol. The molecule has 4 amide bonds. The van der Waals surface area contributed by atoms with Crippen molar-refractivity contribution >= 4 is 23.6 Å². The Morgan fingerprint density at radius 1 is 0.383 bits per heavy atom. The van der Waals surface area contributed by atoms with E-state index < -0.39 is 24.2 Å². The van der Waals surface area contributed by atoms with Crippen LogP contribution in [0.25, 0.3) is 0 Å². The third-order valence-corrected chi connectivity index (χ3v) is 11.4. The van der Waals surface area contributed by atoms with Gasteiger partial charge in [-0.3, -0.25) is 40.9 Å². The van der Waals surface area contributed by atoms with E-state index in [2.05, 4.69) is 21.7 Å². The molecule has 0 aromatic rings. The second-order valence-corrected chi connectivity index (χ2v) is 15.9. The molecule has 4 heterocycles. The Bertz CT molecular complexity index is 995. The average Bonchev–Trinajstić information content (AvgIpc) is 3.28. The molecule has 0 saturated carbocycles. The highest BCUT2D eigenvalue weighted by Gasteiger charge is 2.25. The van der Waals surface area contributed by atoms with Gasteiger partial charge in [-0.2, -0.15) is 0 Å². The maximum Gasteiger partial charge on any atom is 0.251 e. The fourth-order valence-corrected chi connectivity index (χ4v) is 5.67.